The first kappa shape index (κ1) is 24.2. The highest BCUT2D eigenvalue weighted by atomic mass is 35.5. The van der Waals surface area contributed by atoms with Gasteiger partial charge in [0.2, 0.25) is 0 Å². The van der Waals surface area contributed by atoms with Crippen molar-refractivity contribution < 1.29 is 20.1 Å². The number of alkyl halides is 1. The van der Waals surface area contributed by atoms with Crippen LogP contribution in [-0.4, -0.2) is 38.9 Å². The van der Waals surface area contributed by atoms with Gasteiger partial charge in [0, 0.05) is 22.7 Å². The minimum absolute atomic E-state index is 0.0351. The Morgan fingerprint density at radius 1 is 1.33 bits per heavy atom. The Morgan fingerprint density at radius 2 is 2.04 bits per heavy atom. The average Bonchev–Trinajstić information content (AvgIpc) is 2.86. The molecule has 3 N–H and O–H groups in total. The van der Waals surface area contributed by atoms with E-state index in [0.29, 0.717) is 24.3 Å². The van der Waals surface area contributed by atoms with Gasteiger partial charge < -0.3 is 15.3 Å². The second-order valence-corrected chi connectivity index (χ2v) is 8.59. The van der Waals surface area contributed by atoms with Crippen molar-refractivity contribution in [2.75, 3.05) is 0 Å². The van der Waals surface area contributed by atoms with Gasteiger partial charge >= 0.3 is 5.97 Å². The maximum absolute atomic E-state index is 10.5. The summed E-state index contributed by atoms with van der Waals surface area (Å²) in [7, 11) is 0. The van der Waals surface area contributed by atoms with Gasteiger partial charge in [0.1, 0.15) is 0 Å². The van der Waals surface area contributed by atoms with Crippen LogP contribution in [0, 0.1) is 17.8 Å². The zero-order valence-corrected chi connectivity index (χ0v) is 17.6. The molecular weight excluding hydrogens is 387 g/mol. The van der Waals surface area contributed by atoms with E-state index in [9.17, 15) is 15.0 Å². The van der Waals surface area contributed by atoms with E-state index < -0.39 is 18.2 Å². The van der Waals surface area contributed by atoms with Crippen LogP contribution in [0.25, 0.3) is 0 Å². The summed E-state index contributed by atoms with van der Waals surface area (Å²) in [5.74, 6) is -0.741. The van der Waals surface area contributed by atoms with Crippen LogP contribution >= 0.6 is 23.2 Å². The van der Waals surface area contributed by atoms with E-state index >= 15 is 0 Å². The molecule has 0 radical (unpaired) electrons. The zero-order valence-electron chi connectivity index (χ0n) is 16.1. The minimum Gasteiger partial charge on any atom is -0.481 e. The molecule has 0 aromatic rings. The summed E-state index contributed by atoms with van der Waals surface area (Å²) in [6.07, 6.45) is 11.9. The van der Waals surface area contributed by atoms with E-state index in [4.69, 9.17) is 28.3 Å². The van der Waals surface area contributed by atoms with Gasteiger partial charge in [-0.25, -0.2) is 0 Å². The van der Waals surface area contributed by atoms with Gasteiger partial charge in [0.05, 0.1) is 12.2 Å². The second kappa shape index (κ2) is 12.6. The van der Waals surface area contributed by atoms with Crippen LogP contribution in [0.3, 0.4) is 0 Å². The summed E-state index contributed by atoms with van der Waals surface area (Å²) < 4.78 is 0. The summed E-state index contributed by atoms with van der Waals surface area (Å²) in [6.45, 7) is 3.77. The van der Waals surface area contributed by atoms with Crippen LogP contribution < -0.4 is 0 Å². The molecule has 1 aliphatic carbocycles. The summed E-state index contributed by atoms with van der Waals surface area (Å²) in [5.41, 5.74) is 0. The molecule has 0 aliphatic heterocycles. The smallest absolute Gasteiger partial charge is 0.303 e. The predicted molar refractivity (Wildman–Crippen MR) is 111 cm³/mol. The Labute approximate surface area is 172 Å². The Bertz CT molecular complexity index is 540. The number of unbranched alkanes of at least 4 members (excludes halogenated alkanes) is 1. The largest absolute Gasteiger partial charge is 0.481 e. The normalized spacial score (nSPS) is 28.9. The molecule has 4 nitrogen and oxygen atoms in total. The van der Waals surface area contributed by atoms with Gasteiger partial charge in [-0.15, -0.1) is 11.6 Å². The number of carboxylic acids is 1. The monoisotopic (exact) mass is 418 g/mol. The van der Waals surface area contributed by atoms with Crippen molar-refractivity contribution in [2.45, 2.75) is 70.0 Å². The third kappa shape index (κ3) is 9.29. The summed E-state index contributed by atoms with van der Waals surface area (Å²) in [5, 5.41) is 29.9. The topological polar surface area (TPSA) is 77.8 Å². The number of hydrogen-bond acceptors (Lipinski definition) is 3. The van der Waals surface area contributed by atoms with Crippen LogP contribution in [0.15, 0.2) is 35.4 Å². The minimum atomic E-state index is -0.780. The standard InChI is InChI=1S/C21H32Cl2O4/c1-14(9-10-15(2)22)19(24)12-11-17-16(18(23)13-20(17)25)7-5-3-4-6-8-21(26)27/h3,5,10-12,14,16-20,24-25H,4,6-9,13H2,1-2H3,(H,26,27)/t14?,16-,17-,18?,19?,20?/m1/s1. The molecule has 1 aliphatic rings. The van der Waals surface area contributed by atoms with Gasteiger partial charge in [-0.2, -0.15) is 0 Å². The van der Waals surface area contributed by atoms with Crippen molar-refractivity contribution in [1.29, 1.82) is 0 Å². The molecule has 0 aromatic carbocycles. The molecule has 0 heterocycles. The van der Waals surface area contributed by atoms with E-state index in [1.165, 1.54) is 0 Å². The molecule has 0 amide bonds. The molecule has 1 fully saturated rings. The highest BCUT2D eigenvalue weighted by molar-refractivity contribution is 6.29. The lowest BCUT2D eigenvalue weighted by Crippen LogP contribution is -2.20. The van der Waals surface area contributed by atoms with Gasteiger partial charge in [-0.05, 0) is 50.9 Å². The lowest BCUT2D eigenvalue weighted by atomic mass is 9.89. The predicted octanol–water partition coefficient (Wildman–Crippen LogP) is 4.88. The maximum Gasteiger partial charge on any atom is 0.303 e. The highest BCUT2D eigenvalue weighted by Crippen LogP contribution is 2.39. The Hall–Kier alpha value is -0.810. The third-order valence-electron chi connectivity index (χ3n) is 5.09. The fourth-order valence-corrected chi connectivity index (χ4v) is 3.87. The van der Waals surface area contributed by atoms with Crippen molar-refractivity contribution in [2.24, 2.45) is 17.8 Å². The van der Waals surface area contributed by atoms with Crippen LogP contribution in [0.2, 0.25) is 0 Å². The lowest BCUT2D eigenvalue weighted by molar-refractivity contribution is -0.137. The molecule has 0 aromatic heterocycles. The molecule has 0 spiro atoms. The van der Waals surface area contributed by atoms with Crippen LogP contribution in [0.5, 0.6) is 0 Å². The van der Waals surface area contributed by atoms with E-state index in [1.54, 1.807) is 6.08 Å². The van der Waals surface area contributed by atoms with Gasteiger partial charge in [0.25, 0.3) is 0 Å². The molecule has 0 saturated heterocycles. The summed E-state index contributed by atoms with van der Waals surface area (Å²) in [4.78, 5) is 10.5. The number of aliphatic hydroxyl groups is 2. The average molecular weight is 419 g/mol. The van der Waals surface area contributed by atoms with E-state index in [0.717, 1.165) is 12.8 Å². The number of aliphatic carboxylic acids is 1. The van der Waals surface area contributed by atoms with E-state index in [-0.39, 0.29) is 29.6 Å². The fraction of sp³-hybridized carbons (Fsp3) is 0.667. The molecule has 4 unspecified atom stereocenters. The molecule has 6 heteroatoms. The van der Waals surface area contributed by atoms with Crippen molar-refractivity contribution in [1.82, 2.24) is 0 Å². The molecular formula is C21H32Cl2O4. The first-order valence-electron chi connectivity index (χ1n) is 9.60. The Morgan fingerprint density at radius 3 is 2.67 bits per heavy atom. The number of allylic oxidation sites excluding steroid dienone is 4. The first-order valence-corrected chi connectivity index (χ1v) is 10.4. The highest BCUT2D eigenvalue weighted by Gasteiger charge is 2.39. The number of hydrogen-bond donors (Lipinski definition) is 3. The van der Waals surface area contributed by atoms with Gasteiger partial charge in [-0.1, -0.05) is 48.9 Å². The van der Waals surface area contributed by atoms with Crippen molar-refractivity contribution in [3.05, 3.63) is 35.4 Å². The maximum atomic E-state index is 10.5. The van der Waals surface area contributed by atoms with E-state index in [1.807, 2.05) is 38.2 Å². The molecule has 1 rings (SSSR count). The lowest BCUT2D eigenvalue weighted by Gasteiger charge is -2.20. The SMILES string of the molecule is CC(Cl)=CCC(C)C(O)C=C[C@H]1C(O)CC(Cl)[C@@H]1CC=CCCCC(=O)O. The third-order valence-corrected chi connectivity index (χ3v) is 5.75. The van der Waals surface area contributed by atoms with Crippen LogP contribution in [0.4, 0.5) is 0 Å². The molecule has 6 atom stereocenters. The second-order valence-electron chi connectivity index (χ2n) is 7.43. The molecule has 0 bridgehead atoms. The summed E-state index contributed by atoms with van der Waals surface area (Å²) in [6, 6.07) is 0. The number of rotatable bonds is 11. The Balaban J connectivity index is 2.58. The number of carboxylic acid groups (broad SMARTS) is 1. The van der Waals surface area contributed by atoms with Crippen LogP contribution in [0.1, 0.15) is 52.4 Å². The number of carbonyl (C=O) groups is 1. The number of halogens is 2. The summed E-state index contributed by atoms with van der Waals surface area (Å²) >= 11 is 12.3. The van der Waals surface area contributed by atoms with Crippen molar-refractivity contribution in [3.63, 3.8) is 0 Å². The molecule has 1 saturated carbocycles. The van der Waals surface area contributed by atoms with Gasteiger partial charge in [-0.3, -0.25) is 4.79 Å². The first-order chi connectivity index (χ1) is 12.7. The number of aliphatic hydroxyl groups excluding tert-OH is 2. The molecule has 154 valence electrons. The van der Waals surface area contributed by atoms with E-state index in [2.05, 4.69) is 0 Å². The fourth-order valence-electron chi connectivity index (χ4n) is 3.33. The van der Waals surface area contributed by atoms with Crippen molar-refractivity contribution in [3.8, 4) is 0 Å². The zero-order chi connectivity index (χ0) is 20.4. The quantitative estimate of drug-likeness (QED) is 0.254. The van der Waals surface area contributed by atoms with Crippen molar-refractivity contribution >= 4 is 29.2 Å². The molecule has 27 heavy (non-hydrogen) atoms. The Kier molecular flexibility index (Phi) is 11.3. The van der Waals surface area contributed by atoms with Gasteiger partial charge in [0.15, 0.2) is 0 Å². The van der Waals surface area contributed by atoms with Crippen LogP contribution in [-0.2, 0) is 4.79 Å².